The Morgan fingerprint density at radius 3 is 2.31 bits per heavy atom. The van der Waals surface area contributed by atoms with Crippen LogP contribution < -0.4 is 5.32 Å². The Morgan fingerprint density at radius 2 is 1.69 bits per heavy atom. The summed E-state index contributed by atoms with van der Waals surface area (Å²) in [5.41, 5.74) is 5.20. The quantitative estimate of drug-likeness (QED) is 0.677. The summed E-state index contributed by atoms with van der Waals surface area (Å²) in [6.07, 6.45) is 0.844. The van der Waals surface area contributed by atoms with Crippen LogP contribution in [-0.4, -0.2) is 28.8 Å². The lowest BCUT2D eigenvalue weighted by Gasteiger charge is -2.17. The van der Waals surface area contributed by atoms with Crippen molar-refractivity contribution in [2.24, 2.45) is 0 Å². The Balaban J connectivity index is 1.44. The molecule has 0 aliphatic heterocycles. The summed E-state index contributed by atoms with van der Waals surface area (Å²) in [7, 11) is 0. The van der Waals surface area contributed by atoms with Crippen molar-refractivity contribution in [3.05, 3.63) is 89.2 Å². The molecule has 3 aromatic rings. The highest BCUT2D eigenvalue weighted by atomic mass is 16.5. The maximum atomic E-state index is 12.3. The van der Waals surface area contributed by atoms with E-state index in [0.29, 0.717) is 5.69 Å². The highest BCUT2D eigenvalue weighted by Gasteiger charge is 2.29. The van der Waals surface area contributed by atoms with Crippen molar-refractivity contribution in [1.29, 1.82) is 0 Å². The Bertz CT molecular complexity index is 1030. The third kappa shape index (κ3) is 3.69. The number of hydrogen-bond donors (Lipinski definition) is 2. The zero-order valence-corrected chi connectivity index (χ0v) is 15.8. The number of pyridine rings is 1. The van der Waals surface area contributed by atoms with Crippen molar-refractivity contribution in [1.82, 2.24) is 10.3 Å². The lowest BCUT2D eigenvalue weighted by atomic mass is 9.98. The van der Waals surface area contributed by atoms with Crippen molar-refractivity contribution in [3.8, 4) is 11.1 Å². The average Bonchev–Trinajstić information content (AvgIpc) is 3.06. The molecule has 29 heavy (non-hydrogen) atoms. The third-order valence-electron chi connectivity index (χ3n) is 5.15. The molecule has 1 unspecified atom stereocenters. The largest absolute Gasteiger partial charge is 0.478 e. The first-order chi connectivity index (χ1) is 14.0. The molecule has 1 amide bonds. The first-order valence-electron chi connectivity index (χ1n) is 9.35. The number of carbonyl (C=O) groups is 2. The number of nitrogens with one attached hydrogen (secondary N) is 1. The van der Waals surface area contributed by atoms with Gasteiger partial charge < -0.3 is 15.2 Å². The molecule has 0 spiro atoms. The number of carbonyl (C=O) groups excluding carboxylic acids is 1. The fourth-order valence-corrected chi connectivity index (χ4v) is 3.71. The molecule has 4 rings (SSSR count). The van der Waals surface area contributed by atoms with E-state index in [1.54, 1.807) is 6.92 Å². The monoisotopic (exact) mass is 388 g/mol. The van der Waals surface area contributed by atoms with Crippen LogP contribution in [0.3, 0.4) is 0 Å². The van der Waals surface area contributed by atoms with E-state index in [9.17, 15) is 9.59 Å². The average molecular weight is 388 g/mol. The van der Waals surface area contributed by atoms with Gasteiger partial charge in [-0.3, -0.25) is 4.98 Å². The maximum Gasteiger partial charge on any atom is 0.407 e. The lowest BCUT2D eigenvalue weighted by Crippen LogP contribution is -2.29. The van der Waals surface area contributed by atoms with Crippen LogP contribution in [0.2, 0.25) is 0 Å². The van der Waals surface area contributed by atoms with Gasteiger partial charge in [0, 0.05) is 12.1 Å². The van der Waals surface area contributed by atoms with Crippen LogP contribution in [0, 0.1) is 0 Å². The van der Waals surface area contributed by atoms with Gasteiger partial charge in [0.25, 0.3) is 0 Å². The summed E-state index contributed by atoms with van der Waals surface area (Å²) in [4.78, 5) is 27.6. The van der Waals surface area contributed by atoms with Gasteiger partial charge in [0.15, 0.2) is 0 Å². The second kappa shape index (κ2) is 7.75. The van der Waals surface area contributed by atoms with Gasteiger partial charge in [-0.05, 0) is 41.3 Å². The van der Waals surface area contributed by atoms with Crippen molar-refractivity contribution >= 4 is 12.1 Å². The van der Waals surface area contributed by atoms with Gasteiger partial charge in [0.2, 0.25) is 0 Å². The standard InChI is InChI=1S/C23H20N2O4/c1-14(21-12-15(22(26)27)10-11-24-21)25-23(28)29-13-20-18-8-4-2-6-16(18)17-7-3-5-9-19(17)20/h2-12,14,20H,13H2,1H3,(H,25,28)(H,26,27). The number of hydrogen-bond acceptors (Lipinski definition) is 4. The number of rotatable bonds is 5. The predicted molar refractivity (Wildman–Crippen MR) is 108 cm³/mol. The Hall–Kier alpha value is -3.67. The second-order valence-electron chi connectivity index (χ2n) is 6.97. The van der Waals surface area contributed by atoms with Crippen LogP contribution in [0.4, 0.5) is 4.79 Å². The van der Waals surface area contributed by atoms with E-state index in [2.05, 4.69) is 34.6 Å². The lowest BCUT2D eigenvalue weighted by molar-refractivity contribution is 0.0696. The number of aromatic carboxylic acids is 1. The van der Waals surface area contributed by atoms with Crippen molar-refractivity contribution in [2.45, 2.75) is 18.9 Å². The number of carboxylic acid groups (broad SMARTS) is 1. The van der Waals surface area contributed by atoms with Crippen LogP contribution in [0.5, 0.6) is 0 Å². The summed E-state index contributed by atoms with van der Waals surface area (Å²) >= 11 is 0. The minimum absolute atomic E-state index is 0.0167. The molecule has 146 valence electrons. The normalized spacial score (nSPS) is 13.3. The number of aromatic nitrogens is 1. The van der Waals surface area contributed by atoms with Gasteiger partial charge in [-0.15, -0.1) is 0 Å². The SMILES string of the molecule is CC(NC(=O)OCC1c2ccccc2-c2ccccc21)c1cc(C(=O)O)ccn1. The molecule has 1 aliphatic rings. The van der Waals surface area contributed by atoms with E-state index in [0.717, 1.165) is 11.1 Å². The van der Waals surface area contributed by atoms with Crippen LogP contribution in [0.15, 0.2) is 66.9 Å². The topological polar surface area (TPSA) is 88.5 Å². The molecule has 0 saturated carbocycles. The first-order valence-corrected chi connectivity index (χ1v) is 9.35. The van der Waals surface area contributed by atoms with Gasteiger partial charge in [-0.1, -0.05) is 48.5 Å². The van der Waals surface area contributed by atoms with Gasteiger partial charge in [-0.25, -0.2) is 9.59 Å². The van der Waals surface area contributed by atoms with Crippen LogP contribution in [-0.2, 0) is 4.74 Å². The summed E-state index contributed by atoms with van der Waals surface area (Å²) < 4.78 is 5.52. The maximum absolute atomic E-state index is 12.3. The molecule has 1 aliphatic carbocycles. The fourth-order valence-electron chi connectivity index (χ4n) is 3.71. The van der Waals surface area contributed by atoms with E-state index in [1.807, 2.05) is 24.3 Å². The number of nitrogens with zero attached hydrogens (tertiary/aromatic N) is 1. The van der Waals surface area contributed by atoms with E-state index in [-0.39, 0.29) is 18.1 Å². The van der Waals surface area contributed by atoms with E-state index in [4.69, 9.17) is 9.84 Å². The summed E-state index contributed by atoms with van der Waals surface area (Å²) in [6.45, 7) is 1.95. The number of alkyl carbamates (subject to hydrolysis) is 1. The molecule has 2 aromatic carbocycles. The number of fused-ring (bicyclic) bond motifs is 3. The van der Waals surface area contributed by atoms with E-state index >= 15 is 0 Å². The fraction of sp³-hybridized carbons (Fsp3) is 0.174. The zero-order chi connectivity index (χ0) is 20.4. The molecule has 0 bridgehead atoms. The predicted octanol–water partition coefficient (Wildman–Crippen LogP) is 4.38. The Labute approximate surface area is 168 Å². The molecule has 1 aromatic heterocycles. The highest BCUT2D eigenvalue weighted by molar-refractivity contribution is 5.87. The van der Waals surface area contributed by atoms with Crippen molar-refractivity contribution in [3.63, 3.8) is 0 Å². The molecular weight excluding hydrogens is 368 g/mol. The molecule has 0 radical (unpaired) electrons. The van der Waals surface area contributed by atoms with Crippen LogP contribution in [0.1, 0.15) is 46.1 Å². The van der Waals surface area contributed by atoms with Gasteiger partial charge in [0.1, 0.15) is 6.61 Å². The molecule has 6 heteroatoms. The van der Waals surface area contributed by atoms with Crippen molar-refractivity contribution in [2.75, 3.05) is 6.61 Å². The third-order valence-corrected chi connectivity index (χ3v) is 5.15. The zero-order valence-electron chi connectivity index (χ0n) is 15.8. The van der Waals surface area contributed by atoms with E-state index < -0.39 is 18.1 Å². The number of benzene rings is 2. The molecule has 6 nitrogen and oxygen atoms in total. The molecule has 0 saturated heterocycles. The molecule has 0 fully saturated rings. The molecular formula is C23H20N2O4. The number of amides is 1. The molecule has 2 N–H and O–H groups in total. The Kier molecular flexibility index (Phi) is 4.99. The second-order valence-corrected chi connectivity index (χ2v) is 6.97. The Morgan fingerprint density at radius 1 is 1.07 bits per heavy atom. The van der Waals surface area contributed by atoms with Gasteiger partial charge in [-0.2, -0.15) is 0 Å². The van der Waals surface area contributed by atoms with E-state index in [1.165, 1.54) is 29.5 Å². The highest BCUT2D eigenvalue weighted by Crippen LogP contribution is 2.44. The summed E-state index contributed by atoms with van der Waals surface area (Å²) in [5, 5.41) is 11.8. The van der Waals surface area contributed by atoms with Gasteiger partial charge >= 0.3 is 12.1 Å². The van der Waals surface area contributed by atoms with Crippen molar-refractivity contribution < 1.29 is 19.4 Å². The summed E-state index contributed by atoms with van der Waals surface area (Å²) in [5.74, 6) is -1.06. The smallest absolute Gasteiger partial charge is 0.407 e. The molecule has 1 atom stereocenters. The summed E-state index contributed by atoms with van der Waals surface area (Å²) in [6, 6.07) is 18.6. The van der Waals surface area contributed by atoms with Gasteiger partial charge in [0.05, 0.1) is 17.3 Å². The first kappa shape index (κ1) is 18.7. The minimum atomic E-state index is -1.04. The number of ether oxygens (including phenoxy) is 1. The minimum Gasteiger partial charge on any atom is -0.478 e. The molecule has 1 heterocycles. The van der Waals surface area contributed by atoms with Crippen LogP contribution >= 0.6 is 0 Å². The van der Waals surface area contributed by atoms with Crippen LogP contribution in [0.25, 0.3) is 11.1 Å². The number of carboxylic acids is 1.